The highest BCUT2D eigenvalue weighted by atomic mass is 16.8. The highest BCUT2D eigenvalue weighted by Crippen LogP contribution is 2.40. The third-order valence-electron chi connectivity index (χ3n) is 3.99. The summed E-state index contributed by atoms with van der Waals surface area (Å²) in [6.07, 6.45) is 2.45. The first-order valence-corrected chi connectivity index (χ1v) is 7.71. The van der Waals surface area contributed by atoms with E-state index < -0.39 is 42.5 Å². The Kier molecular flexibility index (Phi) is 4.61. The van der Waals surface area contributed by atoms with E-state index in [1.807, 2.05) is 6.07 Å². The first-order chi connectivity index (χ1) is 11.4. The van der Waals surface area contributed by atoms with Crippen molar-refractivity contribution in [3.63, 3.8) is 0 Å². The molecular weight excluding hydrogens is 312 g/mol. The number of benzene rings is 1. The van der Waals surface area contributed by atoms with Gasteiger partial charge in [-0.2, -0.15) is 0 Å². The molecule has 128 valence electrons. The predicted octanol–water partition coefficient (Wildman–Crippen LogP) is 1.74. The number of esters is 1. The minimum atomic E-state index is -0.914. The van der Waals surface area contributed by atoms with Crippen LogP contribution in [0.25, 0.3) is 0 Å². The van der Waals surface area contributed by atoms with Crippen LogP contribution >= 0.6 is 0 Å². The third-order valence-corrected chi connectivity index (χ3v) is 3.99. The molecule has 2 heterocycles. The molecule has 0 radical (unpaired) electrons. The summed E-state index contributed by atoms with van der Waals surface area (Å²) in [4.78, 5) is 12.3. The minimum absolute atomic E-state index is 0.416. The Morgan fingerprint density at radius 2 is 1.92 bits per heavy atom. The third kappa shape index (κ3) is 3.17. The van der Waals surface area contributed by atoms with Crippen molar-refractivity contribution < 1.29 is 28.5 Å². The molecule has 6 heteroatoms. The largest absolute Gasteiger partial charge is 0.443 e. The molecule has 2 fully saturated rings. The van der Waals surface area contributed by atoms with Crippen molar-refractivity contribution in [1.82, 2.24) is 0 Å². The van der Waals surface area contributed by atoms with Gasteiger partial charge in [0.15, 0.2) is 18.2 Å². The number of methoxy groups -OCH3 is 1. The molecule has 0 saturated carbocycles. The van der Waals surface area contributed by atoms with Gasteiger partial charge in [-0.05, 0) is 26.0 Å². The van der Waals surface area contributed by atoms with Crippen LogP contribution < -0.4 is 0 Å². The van der Waals surface area contributed by atoms with Gasteiger partial charge in [-0.15, -0.1) is 6.42 Å². The van der Waals surface area contributed by atoms with E-state index in [1.54, 1.807) is 38.1 Å². The maximum atomic E-state index is 12.3. The highest BCUT2D eigenvalue weighted by molar-refractivity contribution is 5.89. The van der Waals surface area contributed by atoms with Gasteiger partial charge in [0.2, 0.25) is 0 Å². The topological polar surface area (TPSA) is 63.2 Å². The van der Waals surface area contributed by atoms with Crippen LogP contribution in [0.4, 0.5) is 0 Å². The Hall–Kier alpha value is -1.91. The van der Waals surface area contributed by atoms with Gasteiger partial charge in [-0.1, -0.05) is 24.1 Å². The van der Waals surface area contributed by atoms with Gasteiger partial charge in [0.05, 0.1) is 5.56 Å². The lowest BCUT2D eigenvalue weighted by molar-refractivity contribution is -0.233. The van der Waals surface area contributed by atoms with Crippen molar-refractivity contribution in [2.75, 3.05) is 7.11 Å². The van der Waals surface area contributed by atoms with E-state index >= 15 is 0 Å². The van der Waals surface area contributed by atoms with Crippen LogP contribution in [-0.4, -0.2) is 49.6 Å². The molecule has 0 bridgehead atoms. The summed E-state index contributed by atoms with van der Waals surface area (Å²) >= 11 is 0. The molecule has 24 heavy (non-hydrogen) atoms. The maximum absolute atomic E-state index is 12.3. The summed E-state index contributed by atoms with van der Waals surface area (Å²) in [5.74, 6) is 1.17. The summed E-state index contributed by atoms with van der Waals surface area (Å²) in [5.41, 5.74) is 0.416. The van der Waals surface area contributed by atoms with Crippen LogP contribution in [0.5, 0.6) is 0 Å². The number of carbonyl (C=O) groups is 1. The van der Waals surface area contributed by atoms with Gasteiger partial charge in [-0.25, -0.2) is 4.79 Å². The van der Waals surface area contributed by atoms with Crippen molar-refractivity contribution in [1.29, 1.82) is 0 Å². The zero-order valence-electron chi connectivity index (χ0n) is 13.8. The Balaban J connectivity index is 1.76. The second-order valence-corrected chi connectivity index (χ2v) is 6.13. The number of rotatable bonds is 4. The van der Waals surface area contributed by atoms with Gasteiger partial charge >= 0.3 is 5.97 Å². The average Bonchev–Trinajstić information content (AvgIpc) is 3.06. The van der Waals surface area contributed by atoms with Gasteiger partial charge in [0, 0.05) is 7.11 Å². The number of hydrogen-bond donors (Lipinski definition) is 0. The van der Waals surface area contributed by atoms with Crippen LogP contribution in [-0.2, 0) is 23.7 Å². The van der Waals surface area contributed by atoms with Crippen LogP contribution in [0.15, 0.2) is 30.3 Å². The number of fused-ring (bicyclic) bond motifs is 1. The van der Waals surface area contributed by atoms with Crippen LogP contribution in [0.3, 0.4) is 0 Å². The van der Waals surface area contributed by atoms with Crippen molar-refractivity contribution in [2.24, 2.45) is 0 Å². The molecule has 0 spiro atoms. The first kappa shape index (κ1) is 16.9. The van der Waals surface area contributed by atoms with Gasteiger partial charge in [0.1, 0.15) is 18.3 Å². The highest BCUT2D eigenvalue weighted by Gasteiger charge is 2.58. The van der Waals surface area contributed by atoms with Crippen LogP contribution in [0, 0.1) is 12.3 Å². The van der Waals surface area contributed by atoms with Crippen LogP contribution in [0.1, 0.15) is 24.2 Å². The molecule has 1 aromatic carbocycles. The summed E-state index contributed by atoms with van der Waals surface area (Å²) in [6.45, 7) is 3.60. The number of hydrogen-bond acceptors (Lipinski definition) is 6. The summed E-state index contributed by atoms with van der Waals surface area (Å²) < 4.78 is 28.2. The molecule has 3 rings (SSSR count). The van der Waals surface area contributed by atoms with Gasteiger partial charge in [0.25, 0.3) is 0 Å². The molecule has 0 N–H and O–H groups in total. The van der Waals surface area contributed by atoms with Crippen molar-refractivity contribution in [3.8, 4) is 12.3 Å². The lowest BCUT2D eigenvalue weighted by Crippen LogP contribution is -2.40. The van der Waals surface area contributed by atoms with Crippen LogP contribution in [0.2, 0.25) is 0 Å². The molecule has 0 aromatic heterocycles. The molecule has 0 aliphatic carbocycles. The fraction of sp³-hybridized carbons (Fsp3) is 0.500. The number of terminal acetylenes is 1. The van der Waals surface area contributed by atoms with E-state index in [0.717, 1.165) is 0 Å². The van der Waals surface area contributed by atoms with E-state index in [4.69, 9.17) is 30.1 Å². The molecule has 2 saturated heterocycles. The summed E-state index contributed by atoms with van der Waals surface area (Å²) in [6, 6.07) is 8.63. The monoisotopic (exact) mass is 332 g/mol. The SMILES string of the molecule is C#C[C@H](OC(=O)c1ccccc1)[C@H]1O[C@@H](OC)[C@@H]2OC(C)(C)O[C@@H]21. The Labute approximate surface area is 141 Å². The van der Waals surface area contributed by atoms with Gasteiger partial charge < -0.3 is 23.7 Å². The minimum Gasteiger partial charge on any atom is -0.443 e. The van der Waals surface area contributed by atoms with Gasteiger partial charge in [-0.3, -0.25) is 0 Å². The smallest absolute Gasteiger partial charge is 0.339 e. The zero-order chi connectivity index (χ0) is 17.3. The Morgan fingerprint density at radius 3 is 2.54 bits per heavy atom. The molecule has 2 aliphatic rings. The Bertz CT molecular complexity index is 635. The molecule has 0 amide bonds. The standard InChI is InChI=1S/C18H20O6/c1-5-12(21-16(19)11-9-7-6-8-10-11)13-14-15(17(20-4)22-13)24-18(2,3)23-14/h1,6-10,12-15,17H,2-4H3/t12-,13+,14+,15+,17+/m0/s1. The van der Waals surface area contributed by atoms with E-state index in [0.29, 0.717) is 5.56 Å². The second kappa shape index (κ2) is 6.54. The second-order valence-electron chi connectivity index (χ2n) is 6.13. The van der Waals surface area contributed by atoms with E-state index in [1.165, 1.54) is 7.11 Å². The fourth-order valence-corrected chi connectivity index (χ4v) is 2.98. The first-order valence-electron chi connectivity index (χ1n) is 7.71. The lowest BCUT2D eigenvalue weighted by atomic mass is 10.1. The molecular formula is C18H20O6. The zero-order valence-corrected chi connectivity index (χ0v) is 13.8. The quantitative estimate of drug-likeness (QED) is 0.618. The maximum Gasteiger partial charge on any atom is 0.339 e. The fourth-order valence-electron chi connectivity index (χ4n) is 2.98. The number of ether oxygens (including phenoxy) is 5. The normalized spacial score (nSPS) is 31.9. The van der Waals surface area contributed by atoms with Crippen molar-refractivity contribution in [2.45, 2.75) is 50.3 Å². The summed E-state index contributed by atoms with van der Waals surface area (Å²) in [7, 11) is 1.51. The molecule has 0 unspecified atom stereocenters. The predicted molar refractivity (Wildman–Crippen MR) is 84.0 cm³/mol. The van der Waals surface area contributed by atoms with Crippen molar-refractivity contribution in [3.05, 3.63) is 35.9 Å². The molecule has 5 atom stereocenters. The Morgan fingerprint density at radius 1 is 1.25 bits per heavy atom. The van der Waals surface area contributed by atoms with E-state index in [9.17, 15) is 4.79 Å². The molecule has 1 aromatic rings. The van der Waals surface area contributed by atoms with E-state index in [2.05, 4.69) is 5.92 Å². The number of carbonyl (C=O) groups excluding carboxylic acids is 1. The van der Waals surface area contributed by atoms with Crippen molar-refractivity contribution >= 4 is 5.97 Å². The lowest BCUT2D eigenvalue weighted by Gasteiger charge is -2.26. The summed E-state index contributed by atoms with van der Waals surface area (Å²) in [5, 5.41) is 0. The molecule has 2 aliphatic heterocycles. The average molecular weight is 332 g/mol. The molecule has 6 nitrogen and oxygen atoms in total. The van der Waals surface area contributed by atoms with E-state index in [-0.39, 0.29) is 0 Å².